The van der Waals surface area contributed by atoms with E-state index in [-0.39, 0.29) is 5.95 Å². The fraction of sp³-hybridized carbons (Fsp3) is 0.278. The van der Waals surface area contributed by atoms with E-state index in [0.717, 1.165) is 24.6 Å². The smallest absolute Gasteiger partial charge is 0.253 e. The summed E-state index contributed by atoms with van der Waals surface area (Å²) in [4.78, 5) is 25.7. The molecule has 3 N–H and O–H groups in total. The Balaban J connectivity index is 1.44. The second-order valence-electron chi connectivity index (χ2n) is 6.26. The van der Waals surface area contributed by atoms with E-state index in [1.165, 1.54) is 0 Å². The number of hydrogen-bond acceptors (Lipinski definition) is 10. The lowest BCUT2D eigenvalue weighted by molar-refractivity contribution is 0.382. The molecular formula is C18H21N9O. The Labute approximate surface area is 162 Å². The van der Waals surface area contributed by atoms with E-state index >= 15 is 0 Å². The van der Waals surface area contributed by atoms with Gasteiger partial charge >= 0.3 is 0 Å². The predicted molar refractivity (Wildman–Crippen MR) is 105 cm³/mol. The molecule has 1 aromatic carbocycles. The predicted octanol–water partition coefficient (Wildman–Crippen LogP) is 1.40. The van der Waals surface area contributed by atoms with Crippen LogP contribution in [0.3, 0.4) is 0 Å². The molecule has 0 amide bonds. The van der Waals surface area contributed by atoms with Gasteiger partial charge in [-0.3, -0.25) is 5.21 Å². The van der Waals surface area contributed by atoms with Gasteiger partial charge < -0.3 is 15.1 Å². The van der Waals surface area contributed by atoms with Crippen LogP contribution in [0, 0.1) is 0 Å². The van der Waals surface area contributed by atoms with Crippen LogP contribution in [0.25, 0.3) is 0 Å². The van der Waals surface area contributed by atoms with Crippen molar-refractivity contribution in [3.8, 4) is 0 Å². The summed E-state index contributed by atoms with van der Waals surface area (Å²) in [6.45, 7) is 3.51. The normalized spacial score (nSPS) is 14.0. The van der Waals surface area contributed by atoms with Crippen LogP contribution in [0.2, 0.25) is 0 Å². The van der Waals surface area contributed by atoms with E-state index in [9.17, 15) is 5.21 Å². The van der Waals surface area contributed by atoms with Crippen molar-refractivity contribution >= 4 is 23.8 Å². The first-order chi connectivity index (χ1) is 13.8. The summed E-state index contributed by atoms with van der Waals surface area (Å²) in [5.74, 6) is 1.74. The van der Waals surface area contributed by atoms with Gasteiger partial charge in [-0.2, -0.15) is 15.0 Å². The van der Waals surface area contributed by atoms with E-state index in [0.29, 0.717) is 31.5 Å². The van der Waals surface area contributed by atoms with Crippen molar-refractivity contribution in [3.63, 3.8) is 0 Å². The first-order valence-electron chi connectivity index (χ1n) is 9.03. The quantitative estimate of drug-likeness (QED) is 0.543. The zero-order chi connectivity index (χ0) is 19.2. The topological polar surface area (TPSA) is 115 Å². The lowest BCUT2D eigenvalue weighted by Gasteiger charge is -2.34. The maximum Gasteiger partial charge on any atom is 0.253 e. The van der Waals surface area contributed by atoms with Gasteiger partial charge in [0.15, 0.2) is 0 Å². The summed E-state index contributed by atoms with van der Waals surface area (Å²) < 4.78 is 0. The standard InChI is InChI=1S/C18H21N9O/c28-25-16-22-15(21-13-14-5-2-1-3-6-14)23-18(24-16)27-11-9-26(10-12-27)17-19-7-4-8-20-17/h1-8,28H,9-13H2,(H2,21,22,23,24,25). The fourth-order valence-corrected chi connectivity index (χ4v) is 2.97. The van der Waals surface area contributed by atoms with Crippen LogP contribution in [0.5, 0.6) is 0 Å². The summed E-state index contributed by atoms with van der Waals surface area (Å²) in [5, 5.41) is 12.5. The van der Waals surface area contributed by atoms with Gasteiger partial charge in [0.05, 0.1) is 0 Å². The Hall–Kier alpha value is -3.53. The van der Waals surface area contributed by atoms with Gasteiger partial charge in [0.25, 0.3) is 5.95 Å². The molecule has 1 saturated heterocycles. The van der Waals surface area contributed by atoms with Crippen LogP contribution >= 0.6 is 0 Å². The first-order valence-corrected chi connectivity index (χ1v) is 9.03. The maximum atomic E-state index is 9.29. The van der Waals surface area contributed by atoms with E-state index in [1.54, 1.807) is 18.5 Å². The third kappa shape index (κ3) is 4.23. The van der Waals surface area contributed by atoms with Crippen LogP contribution in [0.15, 0.2) is 48.8 Å². The number of nitrogens with one attached hydrogen (secondary N) is 2. The molecular weight excluding hydrogens is 358 g/mol. The van der Waals surface area contributed by atoms with E-state index in [4.69, 9.17) is 0 Å². The summed E-state index contributed by atoms with van der Waals surface area (Å²) in [7, 11) is 0. The number of piperazine rings is 1. The monoisotopic (exact) mass is 379 g/mol. The molecule has 4 rings (SSSR count). The minimum atomic E-state index is 0.106. The van der Waals surface area contributed by atoms with Crippen molar-refractivity contribution in [2.24, 2.45) is 0 Å². The lowest BCUT2D eigenvalue weighted by Crippen LogP contribution is -2.47. The minimum absolute atomic E-state index is 0.106. The molecule has 144 valence electrons. The van der Waals surface area contributed by atoms with Crippen LogP contribution in [0.1, 0.15) is 5.56 Å². The maximum absolute atomic E-state index is 9.29. The first kappa shape index (κ1) is 17.9. The Kier molecular flexibility index (Phi) is 5.38. The molecule has 0 aliphatic carbocycles. The van der Waals surface area contributed by atoms with Crippen LogP contribution < -0.4 is 20.6 Å². The number of nitrogens with zero attached hydrogens (tertiary/aromatic N) is 7. The Morgan fingerprint density at radius 3 is 2.11 bits per heavy atom. The summed E-state index contributed by atoms with van der Waals surface area (Å²) in [6.07, 6.45) is 3.48. The molecule has 10 nitrogen and oxygen atoms in total. The third-order valence-corrected chi connectivity index (χ3v) is 4.41. The third-order valence-electron chi connectivity index (χ3n) is 4.41. The molecule has 1 aliphatic heterocycles. The number of aromatic nitrogens is 5. The van der Waals surface area contributed by atoms with Crippen LogP contribution in [-0.4, -0.2) is 56.3 Å². The SMILES string of the molecule is ONc1nc(NCc2ccccc2)nc(N2CCN(c3ncccn3)CC2)n1. The highest BCUT2D eigenvalue weighted by atomic mass is 16.5. The number of hydrogen-bond donors (Lipinski definition) is 3. The molecule has 0 bridgehead atoms. The highest BCUT2D eigenvalue weighted by molar-refractivity contribution is 5.45. The molecule has 2 aromatic heterocycles. The van der Waals surface area contributed by atoms with Gasteiger partial charge in [-0.25, -0.2) is 15.4 Å². The largest absolute Gasteiger partial charge is 0.350 e. The number of benzene rings is 1. The van der Waals surface area contributed by atoms with E-state index in [2.05, 4.69) is 40.0 Å². The number of rotatable bonds is 6. The second kappa shape index (κ2) is 8.44. The van der Waals surface area contributed by atoms with Gasteiger partial charge in [0, 0.05) is 45.1 Å². The highest BCUT2D eigenvalue weighted by Gasteiger charge is 2.21. The Morgan fingerprint density at radius 2 is 1.43 bits per heavy atom. The van der Waals surface area contributed by atoms with Gasteiger partial charge in [0.1, 0.15) is 0 Å². The zero-order valence-corrected chi connectivity index (χ0v) is 15.2. The zero-order valence-electron chi connectivity index (χ0n) is 15.2. The lowest BCUT2D eigenvalue weighted by atomic mass is 10.2. The van der Waals surface area contributed by atoms with Crippen molar-refractivity contribution < 1.29 is 5.21 Å². The highest BCUT2D eigenvalue weighted by Crippen LogP contribution is 2.17. The fourth-order valence-electron chi connectivity index (χ4n) is 2.97. The van der Waals surface area contributed by atoms with Crippen LogP contribution in [-0.2, 0) is 6.54 Å². The molecule has 0 atom stereocenters. The number of anilines is 4. The molecule has 3 heterocycles. The van der Waals surface area contributed by atoms with E-state index in [1.807, 2.05) is 35.8 Å². The molecule has 28 heavy (non-hydrogen) atoms. The Morgan fingerprint density at radius 1 is 0.786 bits per heavy atom. The van der Waals surface area contributed by atoms with Crippen molar-refractivity contribution in [2.75, 3.05) is 46.8 Å². The van der Waals surface area contributed by atoms with Crippen LogP contribution in [0.4, 0.5) is 23.8 Å². The second-order valence-corrected chi connectivity index (χ2v) is 6.26. The van der Waals surface area contributed by atoms with E-state index < -0.39 is 0 Å². The average molecular weight is 379 g/mol. The van der Waals surface area contributed by atoms with Gasteiger partial charge in [0.2, 0.25) is 17.8 Å². The molecule has 0 unspecified atom stereocenters. The molecule has 0 radical (unpaired) electrons. The summed E-state index contributed by atoms with van der Waals surface area (Å²) in [6, 6.07) is 11.8. The van der Waals surface area contributed by atoms with Crippen molar-refractivity contribution in [2.45, 2.75) is 6.54 Å². The van der Waals surface area contributed by atoms with Crippen molar-refractivity contribution in [1.29, 1.82) is 0 Å². The van der Waals surface area contributed by atoms with Crippen molar-refractivity contribution in [1.82, 2.24) is 24.9 Å². The van der Waals surface area contributed by atoms with Crippen molar-refractivity contribution in [3.05, 3.63) is 54.4 Å². The van der Waals surface area contributed by atoms with Gasteiger partial charge in [-0.15, -0.1) is 0 Å². The van der Waals surface area contributed by atoms with Gasteiger partial charge in [-0.05, 0) is 11.6 Å². The molecule has 10 heteroatoms. The molecule has 1 fully saturated rings. The average Bonchev–Trinajstić information content (AvgIpc) is 2.79. The molecule has 1 aliphatic rings. The van der Waals surface area contributed by atoms with Gasteiger partial charge in [-0.1, -0.05) is 30.3 Å². The summed E-state index contributed by atoms with van der Waals surface area (Å²) in [5.41, 5.74) is 3.13. The summed E-state index contributed by atoms with van der Waals surface area (Å²) >= 11 is 0. The molecule has 0 spiro atoms. The Bertz CT molecular complexity index is 886. The molecule has 0 saturated carbocycles. The molecule has 3 aromatic rings. The minimum Gasteiger partial charge on any atom is -0.350 e.